The molecule has 0 amide bonds. The molecule has 2 aromatic rings. The molecular weight excluding hydrogens is 306 g/mol. The number of carbonyl (C=O) groups excluding carboxylic acids is 2. The van der Waals surface area contributed by atoms with Gasteiger partial charge in [-0.2, -0.15) is 0 Å². The van der Waals surface area contributed by atoms with Gasteiger partial charge in [0.25, 0.3) is 0 Å². The number of hydrogen-bond acceptors (Lipinski definition) is 5. The molecule has 0 heterocycles. The summed E-state index contributed by atoms with van der Waals surface area (Å²) in [7, 11) is 1.32. The minimum absolute atomic E-state index is 0.152. The molecule has 24 heavy (non-hydrogen) atoms. The molecule has 0 saturated carbocycles. The number of para-hydroxylation sites is 1. The van der Waals surface area contributed by atoms with Crippen LogP contribution in [0.15, 0.2) is 60.8 Å². The molecule has 124 valence electrons. The molecule has 0 bridgehead atoms. The maximum atomic E-state index is 12.1. The largest absolute Gasteiger partial charge is 0.494 e. The Morgan fingerprint density at radius 3 is 2.46 bits per heavy atom. The number of methoxy groups -OCH3 is 1. The number of hydrogen-bond donors (Lipinski definition) is 1. The number of rotatable bonds is 7. The third-order valence-corrected chi connectivity index (χ3v) is 3.26. The highest BCUT2D eigenvalue weighted by Crippen LogP contribution is 2.16. The maximum absolute atomic E-state index is 12.1. The molecule has 0 radical (unpaired) electrons. The van der Waals surface area contributed by atoms with Crippen molar-refractivity contribution in [1.82, 2.24) is 0 Å². The summed E-state index contributed by atoms with van der Waals surface area (Å²) in [5.74, 6) is 0.133. The number of esters is 1. The van der Waals surface area contributed by atoms with E-state index in [9.17, 15) is 9.59 Å². The molecule has 0 aliphatic carbocycles. The molecule has 2 aromatic carbocycles. The van der Waals surface area contributed by atoms with E-state index in [1.807, 2.05) is 6.92 Å². The first-order valence-electron chi connectivity index (χ1n) is 7.53. The van der Waals surface area contributed by atoms with Crippen molar-refractivity contribution in [3.05, 3.63) is 71.9 Å². The normalized spacial score (nSPS) is 10.4. The van der Waals surface area contributed by atoms with Gasteiger partial charge in [-0.25, -0.2) is 4.79 Å². The van der Waals surface area contributed by atoms with Crippen LogP contribution in [0.3, 0.4) is 0 Å². The second kappa shape index (κ2) is 8.53. The topological polar surface area (TPSA) is 64.6 Å². The molecule has 0 aromatic heterocycles. The van der Waals surface area contributed by atoms with Crippen LogP contribution in [0.25, 0.3) is 0 Å². The number of allylic oxidation sites excluding steroid dienone is 1. The summed E-state index contributed by atoms with van der Waals surface area (Å²) in [4.78, 5) is 23.8. The van der Waals surface area contributed by atoms with E-state index in [-0.39, 0.29) is 5.78 Å². The highest BCUT2D eigenvalue weighted by atomic mass is 16.5. The second-order valence-electron chi connectivity index (χ2n) is 4.84. The Balaban J connectivity index is 2.04. The van der Waals surface area contributed by atoms with Gasteiger partial charge in [-0.3, -0.25) is 4.79 Å². The Kier molecular flexibility index (Phi) is 6.14. The van der Waals surface area contributed by atoms with Gasteiger partial charge in [0, 0.05) is 17.8 Å². The highest BCUT2D eigenvalue weighted by molar-refractivity contribution is 6.04. The van der Waals surface area contributed by atoms with Crippen molar-refractivity contribution in [2.75, 3.05) is 19.0 Å². The Morgan fingerprint density at radius 1 is 1.08 bits per heavy atom. The first-order chi connectivity index (χ1) is 11.7. The first-order valence-corrected chi connectivity index (χ1v) is 7.53. The van der Waals surface area contributed by atoms with E-state index in [0.29, 0.717) is 23.4 Å². The van der Waals surface area contributed by atoms with Crippen molar-refractivity contribution in [1.29, 1.82) is 0 Å². The molecule has 0 aliphatic rings. The summed E-state index contributed by atoms with van der Waals surface area (Å²) in [5.41, 5.74) is 1.52. The zero-order chi connectivity index (χ0) is 17.4. The summed E-state index contributed by atoms with van der Waals surface area (Å²) in [6, 6.07) is 13.8. The van der Waals surface area contributed by atoms with Crippen LogP contribution in [0.4, 0.5) is 5.69 Å². The fourth-order valence-electron chi connectivity index (χ4n) is 2.08. The minimum atomic E-state index is -0.440. The van der Waals surface area contributed by atoms with Crippen molar-refractivity contribution >= 4 is 17.4 Å². The van der Waals surface area contributed by atoms with Crippen molar-refractivity contribution in [3.63, 3.8) is 0 Å². The predicted octanol–water partition coefficient (Wildman–Crippen LogP) is 3.68. The molecule has 0 spiro atoms. The lowest BCUT2D eigenvalue weighted by Crippen LogP contribution is -2.05. The summed E-state index contributed by atoms with van der Waals surface area (Å²) < 4.78 is 10.1. The molecule has 0 atom stereocenters. The Morgan fingerprint density at radius 2 is 1.79 bits per heavy atom. The Hall–Kier alpha value is -3.08. The molecular formula is C19H19NO4. The SMILES string of the molecule is CCOc1ccc(C(=O)C=CNc2ccccc2C(=O)OC)cc1. The molecule has 5 heteroatoms. The summed E-state index contributed by atoms with van der Waals surface area (Å²) >= 11 is 0. The van der Waals surface area contributed by atoms with Crippen LogP contribution in [-0.4, -0.2) is 25.5 Å². The average Bonchev–Trinajstić information content (AvgIpc) is 2.62. The van der Waals surface area contributed by atoms with Gasteiger partial charge in [-0.1, -0.05) is 12.1 Å². The number of anilines is 1. The van der Waals surface area contributed by atoms with Gasteiger partial charge in [-0.05, 0) is 43.3 Å². The quantitative estimate of drug-likeness (QED) is 0.478. The van der Waals surface area contributed by atoms with E-state index >= 15 is 0 Å². The van der Waals surface area contributed by atoms with Crippen LogP contribution in [0, 0.1) is 0 Å². The molecule has 0 fully saturated rings. The highest BCUT2D eigenvalue weighted by Gasteiger charge is 2.09. The molecule has 1 N–H and O–H groups in total. The summed E-state index contributed by atoms with van der Waals surface area (Å²) in [6.45, 7) is 2.48. The number of carbonyl (C=O) groups is 2. The van der Waals surface area contributed by atoms with Crippen molar-refractivity contribution in [2.24, 2.45) is 0 Å². The van der Waals surface area contributed by atoms with Gasteiger partial charge in [-0.15, -0.1) is 0 Å². The molecule has 2 rings (SSSR count). The molecule has 5 nitrogen and oxygen atoms in total. The monoisotopic (exact) mass is 325 g/mol. The fourth-order valence-corrected chi connectivity index (χ4v) is 2.08. The smallest absolute Gasteiger partial charge is 0.339 e. The number of ether oxygens (including phenoxy) is 2. The molecule has 0 aliphatic heterocycles. The van der Waals surface area contributed by atoms with E-state index in [1.54, 1.807) is 48.5 Å². The zero-order valence-corrected chi connectivity index (χ0v) is 13.6. The van der Waals surface area contributed by atoms with E-state index in [2.05, 4.69) is 5.32 Å². The summed E-state index contributed by atoms with van der Waals surface area (Å²) in [5, 5.41) is 2.93. The second-order valence-corrected chi connectivity index (χ2v) is 4.84. The average molecular weight is 325 g/mol. The predicted molar refractivity (Wildman–Crippen MR) is 92.5 cm³/mol. The Bertz CT molecular complexity index is 735. The van der Waals surface area contributed by atoms with Crippen molar-refractivity contribution < 1.29 is 19.1 Å². The lowest BCUT2D eigenvalue weighted by Gasteiger charge is -2.07. The minimum Gasteiger partial charge on any atom is -0.494 e. The summed E-state index contributed by atoms with van der Waals surface area (Å²) in [6.07, 6.45) is 2.91. The Labute approximate surface area is 140 Å². The van der Waals surface area contributed by atoms with Crippen LogP contribution >= 0.6 is 0 Å². The van der Waals surface area contributed by atoms with Gasteiger partial charge >= 0.3 is 5.97 Å². The number of benzene rings is 2. The molecule has 0 saturated heterocycles. The van der Waals surface area contributed by atoms with Gasteiger partial charge in [0.2, 0.25) is 0 Å². The fraction of sp³-hybridized carbons (Fsp3) is 0.158. The van der Waals surface area contributed by atoms with Crippen LogP contribution in [0.2, 0.25) is 0 Å². The van der Waals surface area contributed by atoms with Crippen LogP contribution in [0.1, 0.15) is 27.6 Å². The van der Waals surface area contributed by atoms with Crippen LogP contribution in [0.5, 0.6) is 5.75 Å². The van der Waals surface area contributed by atoms with Crippen molar-refractivity contribution in [2.45, 2.75) is 6.92 Å². The van der Waals surface area contributed by atoms with Crippen LogP contribution in [-0.2, 0) is 4.74 Å². The maximum Gasteiger partial charge on any atom is 0.339 e. The van der Waals surface area contributed by atoms with Gasteiger partial charge < -0.3 is 14.8 Å². The van der Waals surface area contributed by atoms with Gasteiger partial charge in [0.1, 0.15) is 5.75 Å². The number of ketones is 1. The number of nitrogens with one attached hydrogen (secondary N) is 1. The standard InChI is InChI=1S/C19H19NO4/c1-3-24-15-10-8-14(9-11-15)18(21)12-13-20-17-7-5-4-6-16(17)19(22)23-2/h4-13,20H,3H2,1-2H3. The lowest BCUT2D eigenvalue weighted by molar-refractivity contribution is 0.0601. The van der Waals surface area contributed by atoms with Crippen molar-refractivity contribution in [3.8, 4) is 5.75 Å². The molecule has 0 unspecified atom stereocenters. The van der Waals surface area contributed by atoms with E-state index in [1.165, 1.54) is 19.4 Å². The van der Waals surface area contributed by atoms with Crippen LogP contribution < -0.4 is 10.1 Å². The first kappa shape index (κ1) is 17.3. The van der Waals surface area contributed by atoms with Gasteiger partial charge in [0.15, 0.2) is 5.78 Å². The van der Waals surface area contributed by atoms with Gasteiger partial charge in [0.05, 0.1) is 25.0 Å². The third kappa shape index (κ3) is 4.46. The zero-order valence-electron chi connectivity index (χ0n) is 13.6. The third-order valence-electron chi connectivity index (χ3n) is 3.26. The van der Waals surface area contributed by atoms with E-state index in [0.717, 1.165) is 5.75 Å². The lowest BCUT2D eigenvalue weighted by atomic mass is 10.1. The van der Waals surface area contributed by atoms with E-state index in [4.69, 9.17) is 9.47 Å². The van der Waals surface area contributed by atoms with E-state index < -0.39 is 5.97 Å².